The first-order valence-electron chi connectivity index (χ1n) is 7.15. The summed E-state index contributed by atoms with van der Waals surface area (Å²) in [4.78, 5) is 38.9. The molecule has 3 fully saturated rings. The van der Waals surface area contributed by atoms with Crippen LogP contribution in [0.5, 0.6) is 0 Å². The summed E-state index contributed by atoms with van der Waals surface area (Å²) in [6.45, 7) is 5.34. The van der Waals surface area contributed by atoms with Crippen LogP contribution in [0, 0.1) is 17.3 Å². The lowest BCUT2D eigenvalue weighted by atomic mass is 10.1. The van der Waals surface area contributed by atoms with Gasteiger partial charge < -0.3 is 14.9 Å². The molecule has 1 N–H and O–H groups in total. The molecule has 0 bridgehead atoms. The first-order chi connectivity index (χ1) is 9.34. The van der Waals surface area contributed by atoms with Gasteiger partial charge in [-0.2, -0.15) is 0 Å². The van der Waals surface area contributed by atoms with Crippen LogP contribution in [0.4, 0.5) is 0 Å². The molecule has 3 atom stereocenters. The van der Waals surface area contributed by atoms with Crippen molar-refractivity contribution < 1.29 is 19.5 Å². The van der Waals surface area contributed by atoms with E-state index >= 15 is 0 Å². The molecule has 0 spiro atoms. The second-order valence-corrected chi connectivity index (χ2v) is 6.68. The Morgan fingerprint density at radius 1 is 1.25 bits per heavy atom. The summed E-state index contributed by atoms with van der Waals surface area (Å²) in [6.07, 6.45) is 1.37. The molecule has 0 aromatic heterocycles. The highest BCUT2D eigenvalue weighted by atomic mass is 16.4. The van der Waals surface area contributed by atoms with Crippen molar-refractivity contribution in [1.82, 2.24) is 9.80 Å². The summed E-state index contributed by atoms with van der Waals surface area (Å²) in [5.41, 5.74) is -0.453. The number of hydrogen-bond acceptors (Lipinski definition) is 3. The normalized spacial score (nSPS) is 34.9. The maximum Gasteiger partial charge on any atom is 0.307 e. The van der Waals surface area contributed by atoms with Crippen LogP contribution >= 0.6 is 0 Å². The molecule has 6 nitrogen and oxygen atoms in total. The number of amides is 2. The summed E-state index contributed by atoms with van der Waals surface area (Å²) >= 11 is 0. The third-order valence-electron chi connectivity index (χ3n) is 5.17. The highest BCUT2D eigenvalue weighted by Crippen LogP contribution is 2.59. The fraction of sp³-hybridized carbons (Fsp3) is 0.786. The molecule has 0 radical (unpaired) electrons. The minimum Gasteiger partial charge on any atom is -0.481 e. The number of rotatable bonds is 2. The van der Waals surface area contributed by atoms with Crippen LogP contribution in [0.2, 0.25) is 0 Å². The van der Waals surface area contributed by atoms with Gasteiger partial charge in [-0.25, -0.2) is 0 Å². The van der Waals surface area contributed by atoms with E-state index < -0.39 is 23.2 Å². The van der Waals surface area contributed by atoms with Crippen molar-refractivity contribution in [2.75, 3.05) is 19.6 Å². The number of piperazine rings is 1. The molecule has 20 heavy (non-hydrogen) atoms. The van der Waals surface area contributed by atoms with Crippen molar-refractivity contribution in [3.63, 3.8) is 0 Å². The standard InChI is InChI=1S/C14H20N2O4/c1-14(2)10(11(14)13(19)20)12(18)15-5-6-16-8(7-15)3-4-9(16)17/h8,10-11H,3-7H2,1-2H3,(H,19,20). The van der Waals surface area contributed by atoms with E-state index in [0.717, 1.165) is 6.42 Å². The molecule has 2 amide bonds. The summed E-state index contributed by atoms with van der Waals surface area (Å²) in [7, 11) is 0. The highest BCUT2D eigenvalue weighted by Gasteiger charge is 2.66. The van der Waals surface area contributed by atoms with E-state index in [9.17, 15) is 14.4 Å². The van der Waals surface area contributed by atoms with Gasteiger partial charge in [0.25, 0.3) is 0 Å². The number of aliphatic carboxylic acids is 1. The summed E-state index contributed by atoms with van der Waals surface area (Å²) in [5.74, 6) is -1.75. The minimum absolute atomic E-state index is 0.0543. The maximum atomic E-state index is 12.5. The Labute approximate surface area is 117 Å². The van der Waals surface area contributed by atoms with Crippen molar-refractivity contribution >= 4 is 17.8 Å². The second kappa shape index (κ2) is 4.20. The number of fused-ring (bicyclic) bond motifs is 1. The van der Waals surface area contributed by atoms with Gasteiger partial charge in [-0.1, -0.05) is 13.8 Å². The lowest BCUT2D eigenvalue weighted by Crippen LogP contribution is -2.53. The Balaban J connectivity index is 1.68. The molecule has 6 heteroatoms. The van der Waals surface area contributed by atoms with Crippen molar-refractivity contribution in [3.05, 3.63) is 0 Å². The number of hydrogen-bond donors (Lipinski definition) is 1. The van der Waals surface area contributed by atoms with E-state index in [1.807, 2.05) is 18.7 Å². The number of carboxylic acids is 1. The van der Waals surface area contributed by atoms with Crippen LogP contribution in [0.15, 0.2) is 0 Å². The molecule has 2 saturated heterocycles. The Hall–Kier alpha value is -1.59. The highest BCUT2D eigenvalue weighted by molar-refractivity contribution is 5.92. The lowest BCUT2D eigenvalue weighted by Gasteiger charge is -2.37. The Bertz CT molecular complexity index is 488. The zero-order valence-electron chi connectivity index (χ0n) is 11.8. The van der Waals surface area contributed by atoms with Crippen LogP contribution in [0.1, 0.15) is 26.7 Å². The van der Waals surface area contributed by atoms with E-state index in [-0.39, 0.29) is 17.9 Å². The van der Waals surface area contributed by atoms with Crippen LogP contribution in [-0.4, -0.2) is 58.4 Å². The topological polar surface area (TPSA) is 77.9 Å². The fourth-order valence-corrected chi connectivity index (χ4v) is 3.82. The zero-order valence-corrected chi connectivity index (χ0v) is 11.8. The molecule has 3 rings (SSSR count). The molecule has 110 valence electrons. The first kappa shape index (κ1) is 13.4. The maximum absolute atomic E-state index is 12.5. The Morgan fingerprint density at radius 3 is 2.55 bits per heavy atom. The molecule has 3 unspecified atom stereocenters. The van der Waals surface area contributed by atoms with Gasteiger partial charge in [0, 0.05) is 32.1 Å². The van der Waals surface area contributed by atoms with Gasteiger partial charge >= 0.3 is 5.97 Å². The average Bonchev–Trinajstić information content (AvgIpc) is 2.78. The van der Waals surface area contributed by atoms with E-state index in [1.165, 1.54) is 0 Å². The molecular formula is C14H20N2O4. The van der Waals surface area contributed by atoms with Gasteiger partial charge in [-0.15, -0.1) is 0 Å². The smallest absolute Gasteiger partial charge is 0.307 e. The molecule has 1 saturated carbocycles. The summed E-state index contributed by atoms with van der Waals surface area (Å²) in [6, 6.07) is 0.130. The molecular weight excluding hydrogens is 260 g/mol. The van der Waals surface area contributed by atoms with Crippen LogP contribution < -0.4 is 0 Å². The fourth-order valence-electron chi connectivity index (χ4n) is 3.82. The van der Waals surface area contributed by atoms with Crippen LogP contribution in [-0.2, 0) is 14.4 Å². The largest absolute Gasteiger partial charge is 0.481 e. The molecule has 3 aliphatic rings. The zero-order chi connectivity index (χ0) is 14.7. The Kier molecular flexibility index (Phi) is 2.81. The molecule has 0 aromatic rings. The molecule has 1 aliphatic carbocycles. The second-order valence-electron chi connectivity index (χ2n) is 6.68. The quantitative estimate of drug-likeness (QED) is 0.782. The van der Waals surface area contributed by atoms with Crippen LogP contribution in [0.25, 0.3) is 0 Å². The number of nitrogens with zero attached hydrogens (tertiary/aromatic N) is 2. The van der Waals surface area contributed by atoms with Gasteiger partial charge in [0.15, 0.2) is 0 Å². The summed E-state index contributed by atoms with van der Waals surface area (Å²) < 4.78 is 0. The van der Waals surface area contributed by atoms with E-state index in [1.54, 1.807) is 4.90 Å². The predicted octanol–water partition coefficient (Wildman–Crippen LogP) is 0.176. The minimum atomic E-state index is -0.886. The van der Waals surface area contributed by atoms with Crippen molar-refractivity contribution in [1.29, 1.82) is 0 Å². The molecule has 2 heterocycles. The lowest BCUT2D eigenvalue weighted by molar-refractivity contribution is -0.143. The van der Waals surface area contributed by atoms with Gasteiger partial charge in [-0.05, 0) is 11.8 Å². The third kappa shape index (κ3) is 1.81. The van der Waals surface area contributed by atoms with E-state index in [4.69, 9.17) is 5.11 Å². The predicted molar refractivity (Wildman–Crippen MR) is 69.7 cm³/mol. The number of carbonyl (C=O) groups is 3. The van der Waals surface area contributed by atoms with Crippen LogP contribution in [0.3, 0.4) is 0 Å². The average molecular weight is 280 g/mol. The van der Waals surface area contributed by atoms with Gasteiger partial charge in [0.1, 0.15) is 0 Å². The molecule has 0 aromatic carbocycles. The Morgan fingerprint density at radius 2 is 1.95 bits per heavy atom. The SMILES string of the molecule is CC1(C)C(C(=O)O)C1C(=O)N1CCN2C(=O)CCC2C1. The van der Waals surface area contributed by atoms with Crippen molar-refractivity contribution in [2.24, 2.45) is 17.3 Å². The third-order valence-corrected chi connectivity index (χ3v) is 5.17. The molecule has 2 aliphatic heterocycles. The van der Waals surface area contributed by atoms with Gasteiger partial charge in [0.2, 0.25) is 11.8 Å². The van der Waals surface area contributed by atoms with E-state index in [2.05, 4.69) is 0 Å². The summed E-state index contributed by atoms with van der Waals surface area (Å²) in [5, 5.41) is 9.17. The van der Waals surface area contributed by atoms with Gasteiger partial charge in [-0.3, -0.25) is 14.4 Å². The van der Waals surface area contributed by atoms with Crippen molar-refractivity contribution in [3.8, 4) is 0 Å². The number of carboxylic acid groups (broad SMARTS) is 1. The van der Waals surface area contributed by atoms with Gasteiger partial charge in [0.05, 0.1) is 11.8 Å². The van der Waals surface area contributed by atoms with Crippen molar-refractivity contribution in [2.45, 2.75) is 32.7 Å². The number of carbonyl (C=O) groups excluding carboxylic acids is 2. The first-order valence-corrected chi connectivity index (χ1v) is 7.15. The monoisotopic (exact) mass is 280 g/mol. The van der Waals surface area contributed by atoms with E-state index in [0.29, 0.717) is 26.1 Å².